The van der Waals surface area contributed by atoms with Gasteiger partial charge in [0.05, 0.1) is 94.0 Å². The number of fused-ring (bicyclic) bond motifs is 3. The smallest absolute Gasteiger partial charge is 0.334 e. The molecule has 498 valence electrons. The van der Waals surface area contributed by atoms with Crippen molar-refractivity contribution in [3.05, 3.63) is 304 Å². The molecule has 3 aliphatic heterocycles. The van der Waals surface area contributed by atoms with Crippen LogP contribution in [0.15, 0.2) is 266 Å². The summed E-state index contributed by atoms with van der Waals surface area (Å²) in [6, 6.07) is 47.1. The van der Waals surface area contributed by atoms with Gasteiger partial charge >= 0.3 is 17.1 Å². The Labute approximate surface area is 581 Å². The quantitative estimate of drug-likeness (QED) is 0.0715. The van der Waals surface area contributed by atoms with Gasteiger partial charge in [-0.3, -0.25) is 47.1 Å². The lowest BCUT2D eigenvalue weighted by Gasteiger charge is -2.18. The van der Waals surface area contributed by atoms with Crippen LogP contribution in [-0.4, -0.2) is 109 Å². The first-order chi connectivity index (χ1) is 48.1. The van der Waals surface area contributed by atoms with Crippen LogP contribution in [0.25, 0.3) is 83.5 Å². The maximum absolute atomic E-state index is 14.5. The number of methoxy groups -OCH3 is 1. The summed E-state index contributed by atoms with van der Waals surface area (Å²) < 4.78 is 30.3. The lowest BCUT2D eigenvalue weighted by atomic mass is 10.0. The van der Waals surface area contributed by atoms with Crippen LogP contribution in [0.4, 0.5) is 4.39 Å². The molecule has 3 aliphatic rings. The lowest BCUT2D eigenvalue weighted by Crippen LogP contribution is -2.31. The normalized spacial score (nSPS) is 15.8. The zero-order valence-electron chi connectivity index (χ0n) is 54.8. The number of benzene rings is 6. The Bertz CT molecular complexity index is 5340. The summed E-state index contributed by atoms with van der Waals surface area (Å²) in [6.07, 6.45) is 17.6. The molecule has 20 heteroatoms. The van der Waals surface area contributed by atoms with Crippen molar-refractivity contribution in [2.45, 2.75) is 44.3 Å². The van der Waals surface area contributed by atoms with E-state index in [-0.39, 0.29) is 46.9 Å². The second kappa shape index (κ2) is 28.4. The molecule has 0 saturated carbocycles. The largest absolute Gasteiger partial charge is 0.497 e. The number of aromatic nitrogens is 9. The molecule has 0 bridgehead atoms. The van der Waals surface area contributed by atoms with E-state index < -0.39 is 0 Å². The Morgan fingerprint density at radius 3 is 1.42 bits per heavy atom. The van der Waals surface area contributed by atoms with Crippen LogP contribution in [0.3, 0.4) is 0 Å². The predicted molar refractivity (Wildman–Crippen MR) is 393 cm³/mol. The summed E-state index contributed by atoms with van der Waals surface area (Å²) in [5.41, 5.74) is 14.9. The van der Waals surface area contributed by atoms with E-state index in [4.69, 9.17) is 27.9 Å². The molecular weight excluding hydrogens is 1290 g/mol. The molecule has 0 aliphatic carbocycles. The lowest BCUT2D eigenvalue weighted by molar-refractivity contribution is -0.125. The molecule has 0 spiro atoms. The van der Waals surface area contributed by atoms with Crippen LogP contribution in [0.1, 0.15) is 43.0 Å². The fourth-order valence-corrected chi connectivity index (χ4v) is 14.4. The first-order valence-corrected chi connectivity index (χ1v) is 33.2. The number of hydrogen-bond donors (Lipinski definition) is 0. The van der Waals surface area contributed by atoms with Crippen LogP contribution in [0.5, 0.6) is 5.75 Å². The molecule has 1 amide bonds. The zero-order valence-corrected chi connectivity index (χ0v) is 56.3. The number of rotatable bonds is 15. The second-order valence-electron chi connectivity index (χ2n) is 24.6. The molecule has 99 heavy (non-hydrogen) atoms. The number of halogens is 3. The Kier molecular flexibility index (Phi) is 19.0. The second-order valence-corrected chi connectivity index (χ2v) is 25.4. The molecule has 6 aromatic carbocycles. The van der Waals surface area contributed by atoms with E-state index in [0.717, 1.165) is 117 Å². The number of likely N-dealkylation sites (tertiary alicyclic amines) is 3. The van der Waals surface area contributed by atoms with Crippen molar-refractivity contribution < 1.29 is 13.9 Å². The number of ether oxygens (including phenoxy) is 1. The topological polar surface area (TPSA) is 155 Å². The Hall–Kier alpha value is -11.3. The third-order valence-corrected chi connectivity index (χ3v) is 19.5. The highest BCUT2D eigenvalue weighted by molar-refractivity contribution is 6.36. The summed E-state index contributed by atoms with van der Waals surface area (Å²) in [7, 11) is 1.51. The van der Waals surface area contributed by atoms with Crippen molar-refractivity contribution >= 4 is 62.2 Å². The fourth-order valence-electron chi connectivity index (χ4n) is 13.8. The summed E-state index contributed by atoms with van der Waals surface area (Å²) >= 11 is 12.4. The number of aryl methyl sites for hydroxylation is 1. The highest BCUT2D eigenvalue weighted by Crippen LogP contribution is 2.36. The Morgan fingerprint density at radius 1 is 0.495 bits per heavy atom. The minimum atomic E-state index is -0.364. The van der Waals surface area contributed by atoms with Crippen molar-refractivity contribution in [1.82, 2.24) is 57.1 Å². The van der Waals surface area contributed by atoms with Gasteiger partial charge in [0.2, 0.25) is 5.91 Å². The third-order valence-electron chi connectivity index (χ3n) is 18.9. The van der Waals surface area contributed by atoms with Crippen LogP contribution in [0, 0.1) is 12.7 Å². The molecule has 0 radical (unpaired) electrons. The number of allylic oxidation sites excluding steroid dienone is 2. The van der Waals surface area contributed by atoms with Gasteiger partial charge in [-0.05, 0) is 151 Å². The summed E-state index contributed by atoms with van der Waals surface area (Å²) in [4.78, 5) is 72.0. The number of imidazole rings is 3. The summed E-state index contributed by atoms with van der Waals surface area (Å²) in [6.45, 7) is 25.6. The first kappa shape index (κ1) is 66.3. The molecule has 9 heterocycles. The van der Waals surface area contributed by atoms with Crippen molar-refractivity contribution in [2.24, 2.45) is 0 Å². The fraction of sp³-hybridized carbons (Fsp3) is 0.177. The number of nitrogens with zero attached hydrogens (tertiary/aromatic N) is 12. The van der Waals surface area contributed by atoms with Gasteiger partial charge in [-0.25, -0.2) is 18.8 Å². The van der Waals surface area contributed by atoms with Crippen LogP contribution < -0.4 is 21.8 Å². The van der Waals surface area contributed by atoms with Crippen LogP contribution in [0.2, 0.25) is 10.0 Å². The van der Waals surface area contributed by atoms with E-state index in [1.165, 1.54) is 24.8 Å². The number of pyridine rings is 3. The van der Waals surface area contributed by atoms with Crippen LogP contribution in [-0.2, 0) is 4.79 Å². The Morgan fingerprint density at radius 2 is 0.960 bits per heavy atom. The standard InChI is InChI=1S/C27H25FN4O2.C26H22Cl2N4O.C26H24N4O2/c1-4-18(2)30-14-12-21(17-30)32-25-11-13-29-16-26(25)31(27(32)33)20-7-5-19(6-8-20)23-10-9-22(34-3)15-24(23)28;1-3-17(2)30-13-11-21(16-30)32-24-10-12-29-15-25(24)31(26(32)33)20-7-4-18(5-8-20)22-9-6-19(27)14-23(22)28;1-3-25(31)28-14-12-21(17-28)30-23-11-13-27-16-24(23)29(26(30)32)20-9-6-8-19(15-20)22-10-5-4-7-18(22)2/h4-11,13,15-16,21H,1-2,12,14,17H2,3H3;3-10,12,14-15,21H,1-2,11,13,16H2;3-11,13,15-16,21H,1,12,14,17H2,2H3/t3*21-/m111/s1. The van der Waals surface area contributed by atoms with Gasteiger partial charge in [0.1, 0.15) is 11.6 Å². The molecular formula is C79H71Cl2FN12O5. The van der Waals surface area contributed by atoms with Crippen molar-refractivity contribution in [2.75, 3.05) is 46.4 Å². The van der Waals surface area contributed by atoms with Gasteiger partial charge in [-0.2, -0.15) is 0 Å². The number of carbonyl (C=O) groups is 1. The van der Waals surface area contributed by atoms with E-state index in [9.17, 15) is 23.6 Å². The first-order valence-electron chi connectivity index (χ1n) is 32.5. The van der Waals surface area contributed by atoms with Crippen LogP contribution >= 0.6 is 23.2 Å². The molecule has 12 aromatic rings. The zero-order chi connectivity index (χ0) is 69.2. The molecule has 3 saturated heterocycles. The third kappa shape index (κ3) is 12.9. The molecule has 17 nitrogen and oxygen atoms in total. The van der Waals surface area contributed by atoms with Gasteiger partial charge in [0, 0.05) is 96.5 Å². The minimum absolute atomic E-state index is 0.0167. The summed E-state index contributed by atoms with van der Waals surface area (Å²) in [5, 5.41) is 1.18. The van der Waals surface area contributed by atoms with Gasteiger partial charge in [-0.1, -0.05) is 123 Å². The highest BCUT2D eigenvalue weighted by atomic mass is 35.5. The number of amides is 1. The van der Waals surface area contributed by atoms with E-state index in [1.54, 1.807) is 86.1 Å². The van der Waals surface area contributed by atoms with Crippen molar-refractivity contribution in [3.8, 4) is 56.2 Å². The maximum atomic E-state index is 14.5. The molecule has 0 unspecified atom stereocenters. The monoisotopic (exact) mass is 1360 g/mol. The van der Waals surface area contributed by atoms with Gasteiger partial charge < -0.3 is 19.4 Å². The van der Waals surface area contributed by atoms with E-state index in [0.29, 0.717) is 52.2 Å². The molecule has 15 rings (SSSR count). The minimum Gasteiger partial charge on any atom is -0.497 e. The number of hydrogen-bond acceptors (Lipinski definition) is 10. The SMILES string of the molecule is C=CC(=C)N1CC[C@@H](n2c(=O)n(-c3ccc(-c4ccc(Cl)cc4Cl)cc3)c3cnccc32)C1.C=CC(=C)N1CC[C@@H](n2c(=O)n(-c3ccc(-c4ccc(OC)cc4F)cc3)c3cnccc32)C1.C=CC(=O)N1CC[C@@H](n2c(=O)n(-c3cccc(-c4ccccc4C)c3)c3cnccc32)C1. The van der Waals surface area contributed by atoms with Crippen molar-refractivity contribution in [3.63, 3.8) is 0 Å². The molecule has 3 atom stereocenters. The van der Waals surface area contributed by atoms with E-state index in [2.05, 4.69) is 82.8 Å². The highest BCUT2D eigenvalue weighted by Gasteiger charge is 2.33. The average molecular weight is 1360 g/mol. The van der Waals surface area contributed by atoms with E-state index >= 15 is 0 Å². The van der Waals surface area contributed by atoms with Gasteiger partial charge in [-0.15, -0.1) is 0 Å². The Balaban J connectivity index is 0.000000133. The molecule has 3 fully saturated rings. The molecule has 0 N–H and O–H groups in total. The van der Waals surface area contributed by atoms with Gasteiger partial charge in [0.15, 0.2) is 0 Å². The predicted octanol–water partition coefficient (Wildman–Crippen LogP) is 15.2. The average Bonchev–Trinajstić information content (AvgIpc) is 1.61. The van der Waals surface area contributed by atoms with Crippen molar-refractivity contribution in [1.29, 1.82) is 0 Å². The maximum Gasteiger partial charge on any atom is 0.334 e. The van der Waals surface area contributed by atoms with E-state index in [1.807, 2.05) is 123 Å². The molecule has 6 aromatic heterocycles. The summed E-state index contributed by atoms with van der Waals surface area (Å²) in [5.74, 6) is 0.000677. The number of carbonyl (C=O) groups excluding carboxylic acids is 1. The van der Waals surface area contributed by atoms with Gasteiger partial charge in [0.25, 0.3) is 0 Å².